The minimum atomic E-state index is -0.992. The van der Waals surface area contributed by atoms with E-state index in [0.29, 0.717) is 89.4 Å². The van der Waals surface area contributed by atoms with Crippen LogP contribution in [0.1, 0.15) is 185 Å². The number of anilines is 4. The Hall–Kier alpha value is -10.1. The fraction of sp³-hybridized carbons (Fsp3) is 0.388. The van der Waals surface area contributed by atoms with E-state index in [4.69, 9.17) is 56.6 Å². The summed E-state index contributed by atoms with van der Waals surface area (Å²) >= 11 is 16.5. The number of ether oxygens (including phenoxy) is 6. The largest absolute Gasteiger partial charge is 0.497 e. The fourth-order valence-corrected chi connectivity index (χ4v) is 12.3. The summed E-state index contributed by atoms with van der Waals surface area (Å²) in [4.78, 5) is 113. The van der Waals surface area contributed by atoms with Gasteiger partial charge in [-0.15, -0.1) is 9.80 Å². The summed E-state index contributed by atoms with van der Waals surface area (Å²) in [5.41, 5.74) is 10.2. The first kappa shape index (κ1) is 87.1. The highest BCUT2D eigenvalue weighted by molar-refractivity contribution is 9.08. The zero-order valence-electron chi connectivity index (χ0n) is 65.3. The molecule has 6 aromatic carbocycles. The van der Waals surface area contributed by atoms with Crippen LogP contribution in [0, 0.1) is 0 Å². The lowest BCUT2D eigenvalue weighted by Crippen LogP contribution is -2.44. The monoisotopic (exact) mass is 1600 g/mol. The standard InChI is InChI=1S/C42H48ClN5O6.C31H34ClN5O6.C11H15Br.CH4/c1-10-28-15-12-27(20-29(28)11-2)21-34-37(49)47(25-26-13-17-32(52-9)18-14-26)35-19-16-31(43)22-33(35)36(46-34)30-23-44-38(45-24-30)48(39(50)53-41(3,4)5)40(51)54-42(6,7)8;1-30(2,3)42-28(39)37(29(40)43-31(4,5)6)27-34-15-20(16-35-27)26-23-14-21(32)10-13-24(23)36(25(38)17-33-26)18-19-8-11-22(41-7)12-9-19;1-3-10-6-5-9(8-12)7-11(10)4-2;/h12-20,22-24,34H,10-11,21,25H2,1-9H3;8-16H,17-18H2,1-7H3;5-7H,3-4,8H2,1-2H3;1H4. The number of nitrogens with zero attached hydrogens (tertiary/aromatic N) is 10. The number of aliphatic imine (C=N–C) groups is 2. The normalized spacial score (nSPS) is 13.5. The van der Waals surface area contributed by atoms with Crippen molar-refractivity contribution in [3.8, 4) is 11.5 Å². The topological polar surface area (TPSA) is 247 Å². The molecule has 25 heteroatoms. The molecule has 584 valence electrons. The van der Waals surface area contributed by atoms with Gasteiger partial charge in [0.1, 0.15) is 46.5 Å². The molecule has 2 aromatic heterocycles. The second-order valence-corrected chi connectivity index (χ2v) is 31.1. The maximum absolute atomic E-state index is 14.7. The van der Waals surface area contributed by atoms with Gasteiger partial charge in [-0.1, -0.05) is 135 Å². The molecular formula is C85H101BrCl2N10O12. The number of aromatic nitrogens is 4. The average molecular weight is 1610 g/mol. The van der Waals surface area contributed by atoms with Crippen LogP contribution >= 0.6 is 39.1 Å². The molecule has 6 amide bonds. The lowest BCUT2D eigenvalue weighted by atomic mass is 9.96. The van der Waals surface area contributed by atoms with Gasteiger partial charge in [-0.05, 0) is 214 Å². The molecule has 4 heterocycles. The molecule has 0 radical (unpaired) electrons. The zero-order chi connectivity index (χ0) is 79.9. The van der Waals surface area contributed by atoms with Crippen molar-refractivity contribution in [2.45, 2.75) is 197 Å². The van der Waals surface area contributed by atoms with Gasteiger partial charge in [-0.2, -0.15) is 0 Å². The van der Waals surface area contributed by atoms with Crippen LogP contribution in [0.15, 0.2) is 156 Å². The molecule has 10 rings (SSSR count). The van der Waals surface area contributed by atoms with Crippen LogP contribution in [-0.2, 0) is 79.1 Å². The number of benzodiazepines with no additional fused rings is 2. The Kier molecular flexibility index (Phi) is 30.1. The average Bonchev–Trinajstić information content (AvgIpc) is 1.60. The number of imide groups is 2. The first-order valence-corrected chi connectivity index (χ1v) is 37.9. The molecule has 0 saturated heterocycles. The van der Waals surface area contributed by atoms with Crippen molar-refractivity contribution in [3.63, 3.8) is 0 Å². The molecule has 0 spiro atoms. The molecule has 22 nitrogen and oxygen atoms in total. The van der Waals surface area contributed by atoms with E-state index < -0.39 is 52.8 Å². The van der Waals surface area contributed by atoms with Gasteiger partial charge in [0.2, 0.25) is 17.8 Å². The second kappa shape index (κ2) is 38.0. The minimum absolute atomic E-state index is 0. The summed E-state index contributed by atoms with van der Waals surface area (Å²) in [5.74, 6) is 0.515. The van der Waals surface area contributed by atoms with Gasteiger partial charge >= 0.3 is 24.4 Å². The number of carbonyl (C=O) groups excluding carboxylic acids is 6. The highest BCUT2D eigenvalue weighted by Crippen LogP contribution is 2.36. The molecule has 2 aliphatic heterocycles. The van der Waals surface area contributed by atoms with Crippen LogP contribution in [-0.4, -0.2) is 117 Å². The summed E-state index contributed by atoms with van der Waals surface area (Å²) in [7, 11) is 3.20. The number of rotatable bonds is 17. The first-order valence-electron chi connectivity index (χ1n) is 36.0. The van der Waals surface area contributed by atoms with Gasteiger partial charge in [-0.25, -0.2) is 39.1 Å². The number of halogens is 3. The summed E-state index contributed by atoms with van der Waals surface area (Å²) in [5, 5.41) is 1.85. The van der Waals surface area contributed by atoms with Crippen LogP contribution in [0.5, 0.6) is 11.5 Å². The number of amides is 6. The summed E-state index contributed by atoms with van der Waals surface area (Å²) < 4.78 is 32.5. The van der Waals surface area contributed by atoms with Crippen molar-refractivity contribution in [3.05, 3.63) is 223 Å². The van der Waals surface area contributed by atoms with E-state index in [1.165, 1.54) is 52.6 Å². The molecule has 110 heavy (non-hydrogen) atoms. The van der Waals surface area contributed by atoms with Crippen molar-refractivity contribution in [2.24, 2.45) is 9.98 Å². The number of carbonyl (C=O) groups is 6. The molecule has 8 aromatic rings. The number of benzene rings is 6. The third-order valence-electron chi connectivity index (χ3n) is 16.7. The summed E-state index contributed by atoms with van der Waals surface area (Å²) in [6, 6.07) is 37.8. The molecule has 0 N–H and O–H groups in total. The Morgan fingerprint density at radius 1 is 0.473 bits per heavy atom. The smallest absolute Gasteiger partial charge is 0.427 e. The number of hydrogen-bond acceptors (Lipinski definition) is 18. The number of hydrogen-bond donors (Lipinski definition) is 0. The lowest BCUT2D eigenvalue weighted by Gasteiger charge is -2.27. The highest BCUT2D eigenvalue weighted by Gasteiger charge is 2.39. The lowest BCUT2D eigenvalue weighted by molar-refractivity contribution is -0.120. The molecular weight excluding hydrogens is 1500 g/mol. The van der Waals surface area contributed by atoms with E-state index in [9.17, 15) is 28.8 Å². The number of fused-ring (bicyclic) bond motifs is 2. The molecule has 0 aliphatic carbocycles. The SMILES string of the molecule is C.CCc1ccc(CBr)cc1CC.CCc1ccc(CC2N=C(c3cnc(N(C(=O)OC(C)(C)C)C(=O)OC(C)(C)C)nc3)c3cc(Cl)ccc3N(Cc3ccc(OC)cc3)C2=O)cc1CC.COc1ccc(CN2C(=O)CN=C(c3cnc(N(C(=O)OC(C)(C)C)C(=O)OC(C)(C)C)nc3)c3cc(Cl)ccc32)cc1. The van der Waals surface area contributed by atoms with Crippen molar-refractivity contribution >= 4 is 110 Å². The van der Waals surface area contributed by atoms with Crippen molar-refractivity contribution in [1.29, 1.82) is 0 Å². The second-order valence-electron chi connectivity index (χ2n) is 29.7. The number of alkyl halides is 1. The third-order valence-corrected chi connectivity index (χ3v) is 17.8. The third kappa shape index (κ3) is 23.7. The molecule has 2 aliphatic rings. The Morgan fingerprint density at radius 3 is 1.21 bits per heavy atom. The number of methoxy groups -OCH3 is 2. The van der Waals surface area contributed by atoms with E-state index in [2.05, 4.69) is 105 Å². The van der Waals surface area contributed by atoms with E-state index in [0.717, 1.165) is 47.7 Å². The van der Waals surface area contributed by atoms with Crippen molar-refractivity contribution in [2.75, 3.05) is 40.4 Å². The van der Waals surface area contributed by atoms with Crippen LogP contribution in [0.3, 0.4) is 0 Å². The van der Waals surface area contributed by atoms with Gasteiger partial charge < -0.3 is 38.2 Å². The minimum Gasteiger partial charge on any atom is -0.497 e. The van der Waals surface area contributed by atoms with E-state index in [1.54, 1.807) is 137 Å². The van der Waals surface area contributed by atoms with E-state index >= 15 is 0 Å². The van der Waals surface area contributed by atoms with Gasteiger partial charge in [-0.3, -0.25) is 19.6 Å². The van der Waals surface area contributed by atoms with Crippen LogP contribution in [0.2, 0.25) is 10.0 Å². The maximum Gasteiger partial charge on any atom is 0.427 e. The maximum atomic E-state index is 14.7. The summed E-state index contributed by atoms with van der Waals surface area (Å²) in [6.07, 6.45) is 6.19. The van der Waals surface area contributed by atoms with Gasteiger partial charge in [0.25, 0.3) is 5.91 Å². The Bertz CT molecular complexity index is 4570. The highest BCUT2D eigenvalue weighted by atomic mass is 79.9. The molecule has 0 fully saturated rings. The van der Waals surface area contributed by atoms with Gasteiger partial charge in [0, 0.05) is 68.8 Å². The van der Waals surface area contributed by atoms with E-state index in [-0.39, 0.29) is 44.2 Å². The van der Waals surface area contributed by atoms with Crippen LogP contribution < -0.4 is 29.1 Å². The van der Waals surface area contributed by atoms with Crippen molar-refractivity contribution < 1.29 is 57.2 Å². The summed E-state index contributed by atoms with van der Waals surface area (Å²) in [6.45, 7) is 29.3. The van der Waals surface area contributed by atoms with E-state index in [1.807, 2.05) is 54.6 Å². The Labute approximate surface area is 665 Å². The Balaban J connectivity index is 0.000000267. The number of aryl methyl sites for hydroxylation is 4. The first-order chi connectivity index (χ1) is 51.5. The van der Waals surface area contributed by atoms with Gasteiger partial charge in [0.15, 0.2) is 0 Å². The fourth-order valence-electron chi connectivity index (χ4n) is 11.6. The van der Waals surface area contributed by atoms with Gasteiger partial charge in [0.05, 0.1) is 50.1 Å². The predicted octanol–water partition coefficient (Wildman–Crippen LogP) is 19.5. The molecule has 0 saturated carbocycles. The quantitative estimate of drug-likeness (QED) is 0.0607. The molecule has 0 bridgehead atoms. The van der Waals surface area contributed by atoms with Crippen LogP contribution in [0.25, 0.3) is 0 Å². The van der Waals surface area contributed by atoms with Crippen molar-refractivity contribution in [1.82, 2.24) is 19.9 Å². The zero-order valence-corrected chi connectivity index (χ0v) is 68.4. The predicted molar refractivity (Wildman–Crippen MR) is 439 cm³/mol. The molecule has 1 unspecified atom stereocenters. The van der Waals surface area contributed by atoms with Crippen LogP contribution in [0.4, 0.5) is 42.4 Å². The molecule has 1 atom stereocenters. The Morgan fingerprint density at radius 2 is 0.827 bits per heavy atom.